The van der Waals surface area contributed by atoms with E-state index in [2.05, 4.69) is 10.6 Å². The zero-order valence-electron chi connectivity index (χ0n) is 19.6. The first-order valence-electron chi connectivity index (χ1n) is 11.5. The summed E-state index contributed by atoms with van der Waals surface area (Å²) in [5.41, 5.74) is 1.01. The van der Waals surface area contributed by atoms with Crippen molar-refractivity contribution < 1.29 is 27.5 Å². The van der Waals surface area contributed by atoms with Crippen LogP contribution in [-0.4, -0.2) is 49.1 Å². The number of amides is 2. The number of carbonyl (C=O) groups excluding carboxylic acids is 2. The van der Waals surface area contributed by atoms with Crippen LogP contribution in [0.15, 0.2) is 72.8 Å². The molecule has 3 aromatic rings. The number of rotatable bonds is 6. The summed E-state index contributed by atoms with van der Waals surface area (Å²) in [6, 6.07) is 19.0. The van der Waals surface area contributed by atoms with Gasteiger partial charge in [-0.1, -0.05) is 42.5 Å². The standard InChI is InChI=1S/C27H26F3N3O3/c1-18(33-13-15-36-16-14-33)25(34)32-24-17-22(11-12-23(24)27(28,29)30)31-26(35)21-9-7-20(8-10-21)19-5-3-2-4-6-19/h2-12,17-18H,13-16H2,1H3,(H,31,35)(H,32,34). The molecule has 1 unspecified atom stereocenters. The fourth-order valence-electron chi connectivity index (χ4n) is 3.99. The van der Waals surface area contributed by atoms with E-state index in [1.807, 2.05) is 35.2 Å². The SMILES string of the molecule is CC(C(=O)Nc1cc(NC(=O)c2ccc(-c3ccccc3)cc2)ccc1C(F)(F)F)N1CCOCC1. The van der Waals surface area contributed by atoms with Gasteiger partial charge < -0.3 is 15.4 Å². The highest BCUT2D eigenvalue weighted by Crippen LogP contribution is 2.36. The second-order valence-corrected chi connectivity index (χ2v) is 8.47. The maximum absolute atomic E-state index is 13.6. The van der Waals surface area contributed by atoms with Crippen LogP contribution in [0, 0.1) is 0 Å². The van der Waals surface area contributed by atoms with Crippen molar-refractivity contribution in [1.82, 2.24) is 4.90 Å². The fourth-order valence-corrected chi connectivity index (χ4v) is 3.99. The molecule has 1 heterocycles. The minimum Gasteiger partial charge on any atom is -0.379 e. The van der Waals surface area contributed by atoms with E-state index in [1.165, 1.54) is 6.07 Å². The zero-order chi connectivity index (χ0) is 25.7. The molecule has 0 saturated carbocycles. The molecule has 0 spiro atoms. The molecule has 2 N–H and O–H groups in total. The first-order valence-corrected chi connectivity index (χ1v) is 11.5. The topological polar surface area (TPSA) is 70.7 Å². The molecule has 188 valence electrons. The average molecular weight is 498 g/mol. The van der Waals surface area contributed by atoms with Crippen LogP contribution in [0.3, 0.4) is 0 Å². The van der Waals surface area contributed by atoms with Gasteiger partial charge >= 0.3 is 6.18 Å². The predicted molar refractivity (Wildman–Crippen MR) is 132 cm³/mol. The molecule has 1 aliphatic rings. The van der Waals surface area contributed by atoms with Crippen molar-refractivity contribution >= 4 is 23.2 Å². The Morgan fingerprint density at radius 3 is 2.17 bits per heavy atom. The van der Waals surface area contributed by atoms with Gasteiger partial charge in [-0.2, -0.15) is 13.2 Å². The third kappa shape index (κ3) is 6.10. The molecule has 0 aromatic heterocycles. The van der Waals surface area contributed by atoms with E-state index in [9.17, 15) is 22.8 Å². The summed E-state index contributed by atoms with van der Waals surface area (Å²) in [6.07, 6.45) is -4.68. The number of hydrogen-bond donors (Lipinski definition) is 2. The fraction of sp³-hybridized carbons (Fsp3) is 0.259. The number of nitrogens with zero attached hydrogens (tertiary/aromatic N) is 1. The van der Waals surface area contributed by atoms with Crippen molar-refractivity contribution in [3.8, 4) is 11.1 Å². The Kier molecular flexibility index (Phi) is 7.71. The van der Waals surface area contributed by atoms with Gasteiger partial charge in [0, 0.05) is 24.3 Å². The van der Waals surface area contributed by atoms with Gasteiger partial charge in [0.05, 0.1) is 30.5 Å². The number of carbonyl (C=O) groups is 2. The Morgan fingerprint density at radius 2 is 1.53 bits per heavy atom. The van der Waals surface area contributed by atoms with E-state index >= 15 is 0 Å². The molecule has 6 nitrogen and oxygen atoms in total. The Balaban J connectivity index is 1.50. The lowest BCUT2D eigenvalue weighted by atomic mass is 10.0. The lowest BCUT2D eigenvalue weighted by molar-refractivity contribution is -0.137. The van der Waals surface area contributed by atoms with E-state index in [4.69, 9.17) is 4.74 Å². The quantitative estimate of drug-likeness (QED) is 0.486. The predicted octanol–water partition coefficient (Wildman–Crippen LogP) is 5.28. The van der Waals surface area contributed by atoms with Crippen LogP contribution in [0.25, 0.3) is 11.1 Å². The number of hydrogen-bond acceptors (Lipinski definition) is 4. The molecule has 1 atom stereocenters. The van der Waals surface area contributed by atoms with Crippen molar-refractivity contribution in [2.45, 2.75) is 19.1 Å². The van der Waals surface area contributed by atoms with Crippen LogP contribution < -0.4 is 10.6 Å². The zero-order valence-corrected chi connectivity index (χ0v) is 19.6. The van der Waals surface area contributed by atoms with Crippen LogP contribution in [0.4, 0.5) is 24.5 Å². The number of alkyl halides is 3. The van der Waals surface area contributed by atoms with Crippen molar-refractivity contribution in [3.05, 3.63) is 83.9 Å². The molecular formula is C27H26F3N3O3. The van der Waals surface area contributed by atoms with Crippen molar-refractivity contribution in [2.75, 3.05) is 36.9 Å². The lowest BCUT2D eigenvalue weighted by Crippen LogP contribution is -2.47. The summed E-state index contributed by atoms with van der Waals surface area (Å²) < 4.78 is 46.1. The summed E-state index contributed by atoms with van der Waals surface area (Å²) in [7, 11) is 0. The summed E-state index contributed by atoms with van der Waals surface area (Å²) >= 11 is 0. The molecule has 2 amide bonds. The van der Waals surface area contributed by atoms with Crippen LogP contribution in [-0.2, 0) is 15.7 Å². The van der Waals surface area contributed by atoms with Gasteiger partial charge in [-0.25, -0.2) is 0 Å². The number of benzene rings is 3. The average Bonchev–Trinajstić information content (AvgIpc) is 2.88. The minimum absolute atomic E-state index is 0.134. The smallest absolute Gasteiger partial charge is 0.379 e. The summed E-state index contributed by atoms with van der Waals surface area (Å²) in [5, 5.41) is 5.02. The van der Waals surface area contributed by atoms with Crippen LogP contribution >= 0.6 is 0 Å². The molecule has 9 heteroatoms. The monoisotopic (exact) mass is 497 g/mol. The van der Waals surface area contributed by atoms with Crippen molar-refractivity contribution in [2.24, 2.45) is 0 Å². The van der Waals surface area contributed by atoms with Gasteiger partial charge in [0.15, 0.2) is 0 Å². The van der Waals surface area contributed by atoms with Gasteiger partial charge in [-0.05, 0) is 48.4 Å². The normalized spacial score (nSPS) is 15.2. The Bertz CT molecular complexity index is 1210. The molecule has 1 fully saturated rings. The molecule has 0 radical (unpaired) electrons. The highest BCUT2D eigenvalue weighted by molar-refractivity contribution is 6.05. The van der Waals surface area contributed by atoms with Gasteiger partial charge in [0.2, 0.25) is 5.91 Å². The third-order valence-corrected chi connectivity index (χ3v) is 6.07. The van der Waals surface area contributed by atoms with E-state index in [0.29, 0.717) is 31.9 Å². The Hall–Kier alpha value is -3.69. The highest BCUT2D eigenvalue weighted by Gasteiger charge is 2.35. The molecule has 36 heavy (non-hydrogen) atoms. The molecular weight excluding hydrogens is 471 g/mol. The second kappa shape index (κ2) is 10.9. The van der Waals surface area contributed by atoms with Gasteiger partial charge in [-0.3, -0.25) is 14.5 Å². The first-order chi connectivity index (χ1) is 17.2. The van der Waals surface area contributed by atoms with E-state index in [-0.39, 0.29) is 5.69 Å². The summed E-state index contributed by atoms with van der Waals surface area (Å²) in [4.78, 5) is 27.3. The minimum atomic E-state index is -4.68. The maximum Gasteiger partial charge on any atom is 0.418 e. The molecule has 3 aromatic carbocycles. The third-order valence-electron chi connectivity index (χ3n) is 6.07. The summed E-state index contributed by atoms with van der Waals surface area (Å²) in [5.74, 6) is -1.05. The van der Waals surface area contributed by atoms with Crippen LogP contribution in [0.5, 0.6) is 0 Å². The van der Waals surface area contributed by atoms with Crippen molar-refractivity contribution in [1.29, 1.82) is 0 Å². The Morgan fingerprint density at radius 1 is 0.889 bits per heavy atom. The van der Waals surface area contributed by atoms with Crippen molar-refractivity contribution in [3.63, 3.8) is 0 Å². The highest BCUT2D eigenvalue weighted by atomic mass is 19.4. The van der Waals surface area contributed by atoms with E-state index in [1.54, 1.807) is 31.2 Å². The number of anilines is 2. The van der Waals surface area contributed by atoms with Gasteiger partial charge in [0.1, 0.15) is 0 Å². The molecule has 0 bridgehead atoms. The largest absolute Gasteiger partial charge is 0.418 e. The van der Waals surface area contributed by atoms with Gasteiger partial charge in [0.25, 0.3) is 5.91 Å². The number of nitrogens with one attached hydrogen (secondary N) is 2. The second-order valence-electron chi connectivity index (χ2n) is 8.47. The number of ether oxygens (including phenoxy) is 1. The number of morpholine rings is 1. The van der Waals surface area contributed by atoms with Crippen LogP contribution in [0.2, 0.25) is 0 Å². The molecule has 4 rings (SSSR count). The summed E-state index contributed by atoms with van der Waals surface area (Å²) in [6.45, 7) is 3.58. The molecule has 1 saturated heterocycles. The number of halogens is 3. The maximum atomic E-state index is 13.6. The van der Waals surface area contributed by atoms with E-state index in [0.717, 1.165) is 23.3 Å². The first kappa shape index (κ1) is 25.4. The molecule has 1 aliphatic heterocycles. The molecule has 0 aliphatic carbocycles. The van der Waals surface area contributed by atoms with Gasteiger partial charge in [-0.15, -0.1) is 0 Å². The van der Waals surface area contributed by atoms with E-state index < -0.39 is 35.3 Å². The lowest BCUT2D eigenvalue weighted by Gasteiger charge is -2.31. The van der Waals surface area contributed by atoms with Crippen LogP contribution in [0.1, 0.15) is 22.8 Å². The Labute approximate surface area is 207 Å².